The third-order valence-electron chi connectivity index (χ3n) is 4.09. The molecule has 1 heterocycles. The Labute approximate surface area is 171 Å². The molecule has 1 N–H and O–H groups in total. The van der Waals surface area contributed by atoms with E-state index < -0.39 is 6.10 Å². The number of aromatic nitrogens is 2. The molecule has 0 aliphatic heterocycles. The summed E-state index contributed by atoms with van der Waals surface area (Å²) in [6.45, 7) is 3.62. The van der Waals surface area contributed by atoms with Crippen molar-refractivity contribution in [1.29, 1.82) is 0 Å². The molecular weight excluding hydrogens is 430 g/mol. The van der Waals surface area contributed by atoms with Crippen LogP contribution in [0.3, 0.4) is 0 Å². The van der Waals surface area contributed by atoms with E-state index in [1.165, 1.54) is 0 Å². The van der Waals surface area contributed by atoms with Gasteiger partial charge in [0.2, 0.25) is 0 Å². The van der Waals surface area contributed by atoms with Crippen LogP contribution in [0.25, 0.3) is 11.1 Å². The number of benzene rings is 2. The maximum absolute atomic E-state index is 12.7. The van der Waals surface area contributed by atoms with Crippen LogP contribution in [0.15, 0.2) is 53.0 Å². The SMILES string of the molecule is Cc1nn(C)c(NC(=O)C(C)Oc2ccc(Cl)cc2)c1-c1ccc(Br)cc1. The van der Waals surface area contributed by atoms with E-state index in [0.717, 1.165) is 21.3 Å². The first kappa shape index (κ1) is 19.5. The molecule has 2 aromatic carbocycles. The number of hydrogen-bond acceptors (Lipinski definition) is 3. The molecule has 0 saturated heterocycles. The van der Waals surface area contributed by atoms with Crippen LogP contribution in [0.4, 0.5) is 5.82 Å². The highest BCUT2D eigenvalue weighted by atomic mass is 79.9. The fourth-order valence-electron chi connectivity index (χ4n) is 2.75. The van der Waals surface area contributed by atoms with Crippen LogP contribution in [0.2, 0.25) is 5.02 Å². The molecule has 5 nitrogen and oxygen atoms in total. The van der Waals surface area contributed by atoms with Crippen molar-refractivity contribution in [1.82, 2.24) is 9.78 Å². The Morgan fingerprint density at radius 1 is 1.19 bits per heavy atom. The number of halogens is 2. The van der Waals surface area contributed by atoms with Crippen molar-refractivity contribution >= 4 is 39.3 Å². The molecule has 1 unspecified atom stereocenters. The predicted molar refractivity (Wildman–Crippen MR) is 111 cm³/mol. The third kappa shape index (κ3) is 4.51. The predicted octanol–water partition coefficient (Wildman–Crippen LogP) is 5.22. The van der Waals surface area contributed by atoms with Gasteiger partial charge in [-0.15, -0.1) is 0 Å². The van der Waals surface area contributed by atoms with Crippen molar-refractivity contribution in [3.8, 4) is 16.9 Å². The first-order valence-corrected chi connectivity index (χ1v) is 9.55. The molecule has 3 aromatic rings. The average Bonchev–Trinajstić information content (AvgIpc) is 2.91. The summed E-state index contributed by atoms with van der Waals surface area (Å²) in [7, 11) is 1.80. The zero-order valence-electron chi connectivity index (χ0n) is 15.2. The van der Waals surface area contributed by atoms with Gasteiger partial charge in [-0.1, -0.05) is 39.7 Å². The summed E-state index contributed by atoms with van der Waals surface area (Å²) in [6, 6.07) is 14.8. The van der Waals surface area contributed by atoms with E-state index in [2.05, 4.69) is 26.3 Å². The van der Waals surface area contributed by atoms with E-state index in [4.69, 9.17) is 16.3 Å². The molecule has 27 heavy (non-hydrogen) atoms. The first-order valence-electron chi connectivity index (χ1n) is 8.38. The van der Waals surface area contributed by atoms with Crippen molar-refractivity contribution in [2.75, 3.05) is 5.32 Å². The van der Waals surface area contributed by atoms with Gasteiger partial charge in [0.05, 0.1) is 5.69 Å². The summed E-state index contributed by atoms with van der Waals surface area (Å²) in [6.07, 6.45) is -0.681. The van der Waals surface area contributed by atoms with Gasteiger partial charge in [-0.25, -0.2) is 0 Å². The lowest BCUT2D eigenvalue weighted by molar-refractivity contribution is -0.122. The quantitative estimate of drug-likeness (QED) is 0.582. The second-order valence-electron chi connectivity index (χ2n) is 6.14. The van der Waals surface area contributed by atoms with Gasteiger partial charge in [0.25, 0.3) is 5.91 Å². The van der Waals surface area contributed by atoms with Crippen molar-refractivity contribution in [3.63, 3.8) is 0 Å². The van der Waals surface area contributed by atoms with E-state index in [-0.39, 0.29) is 5.91 Å². The molecule has 0 fully saturated rings. The van der Waals surface area contributed by atoms with Crippen LogP contribution in [-0.2, 0) is 11.8 Å². The topological polar surface area (TPSA) is 56.2 Å². The number of nitrogens with one attached hydrogen (secondary N) is 1. The number of nitrogens with zero attached hydrogens (tertiary/aromatic N) is 2. The van der Waals surface area contributed by atoms with Gasteiger partial charge < -0.3 is 10.1 Å². The molecule has 0 aliphatic rings. The minimum atomic E-state index is -0.681. The van der Waals surface area contributed by atoms with Crippen LogP contribution in [-0.4, -0.2) is 21.8 Å². The molecular formula is C20H19BrClN3O2. The number of anilines is 1. The van der Waals surface area contributed by atoms with Crippen molar-refractivity contribution in [2.45, 2.75) is 20.0 Å². The van der Waals surface area contributed by atoms with E-state index in [0.29, 0.717) is 16.6 Å². The number of rotatable bonds is 5. The molecule has 7 heteroatoms. The highest BCUT2D eigenvalue weighted by Crippen LogP contribution is 2.32. The Balaban J connectivity index is 1.81. The van der Waals surface area contributed by atoms with Gasteiger partial charge in [-0.05, 0) is 55.8 Å². The average molecular weight is 449 g/mol. The van der Waals surface area contributed by atoms with Crippen LogP contribution in [0, 0.1) is 6.92 Å². The minimum absolute atomic E-state index is 0.258. The largest absolute Gasteiger partial charge is 0.481 e. The lowest BCUT2D eigenvalue weighted by Gasteiger charge is -2.16. The van der Waals surface area contributed by atoms with Crippen LogP contribution in [0.1, 0.15) is 12.6 Å². The van der Waals surface area contributed by atoms with Crippen LogP contribution >= 0.6 is 27.5 Å². The molecule has 140 valence electrons. The lowest BCUT2D eigenvalue weighted by atomic mass is 10.1. The number of ether oxygens (including phenoxy) is 1. The maximum atomic E-state index is 12.7. The second kappa shape index (κ2) is 8.15. The van der Waals surface area contributed by atoms with Gasteiger partial charge in [0.15, 0.2) is 6.10 Å². The molecule has 0 spiro atoms. The van der Waals surface area contributed by atoms with E-state index in [9.17, 15) is 4.79 Å². The normalized spacial score (nSPS) is 11.9. The monoisotopic (exact) mass is 447 g/mol. The maximum Gasteiger partial charge on any atom is 0.266 e. The Hall–Kier alpha value is -2.31. The van der Waals surface area contributed by atoms with Crippen molar-refractivity contribution in [3.05, 3.63) is 63.7 Å². The zero-order chi connectivity index (χ0) is 19.6. The summed E-state index contributed by atoms with van der Waals surface area (Å²) in [5.74, 6) is 0.953. The Bertz CT molecular complexity index is 953. The Morgan fingerprint density at radius 3 is 2.44 bits per heavy atom. The number of amides is 1. The number of carbonyl (C=O) groups excluding carboxylic acids is 1. The lowest BCUT2D eigenvalue weighted by Crippen LogP contribution is -2.31. The van der Waals surface area contributed by atoms with Crippen LogP contribution < -0.4 is 10.1 Å². The molecule has 1 amide bonds. The van der Waals surface area contributed by atoms with Gasteiger partial charge in [0, 0.05) is 22.1 Å². The molecule has 1 aromatic heterocycles. The number of hydrogen-bond donors (Lipinski definition) is 1. The van der Waals surface area contributed by atoms with E-state index in [1.54, 1.807) is 42.9 Å². The van der Waals surface area contributed by atoms with Gasteiger partial charge in [0.1, 0.15) is 11.6 Å². The smallest absolute Gasteiger partial charge is 0.266 e. The highest BCUT2D eigenvalue weighted by Gasteiger charge is 2.21. The molecule has 1 atom stereocenters. The van der Waals surface area contributed by atoms with E-state index >= 15 is 0 Å². The third-order valence-corrected chi connectivity index (χ3v) is 4.87. The highest BCUT2D eigenvalue weighted by molar-refractivity contribution is 9.10. The molecule has 0 aliphatic carbocycles. The summed E-state index contributed by atoms with van der Waals surface area (Å²) >= 11 is 9.32. The van der Waals surface area contributed by atoms with Gasteiger partial charge >= 0.3 is 0 Å². The Kier molecular flexibility index (Phi) is 5.87. The zero-order valence-corrected chi connectivity index (χ0v) is 17.5. The summed E-state index contributed by atoms with van der Waals surface area (Å²) in [5.41, 5.74) is 2.70. The summed E-state index contributed by atoms with van der Waals surface area (Å²) in [5, 5.41) is 8.01. The van der Waals surface area contributed by atoms with Gasteiger partial charge in [-0.2, -0.15) is 5.10 Å². The minimum Gasteiger partial charge on any atom is -0.481 e. The number of carbonyl (C=O) groups is 1. The second-order valence-corrected chi connectivity index (χ2v) is 7.49. The van der Waals surface area contributed by atoms with Crippen molar-refractivity contribution < 1.29 is 9.53 Å². The molecule has 0 bridgehead atoms. The van der Waals surface area contributed by atoms with E-state index in [1.807, 2.05) is 31.2 Å². The molecule has 0 radical (unpaired) electrons. The molecule has 3 rings (SSSR count). The fraction of sp³-hybridized carbons (Fsp3) is 0.200. The summed E-state index contributed by atoms with van der Waals surface area (Å²) in [4.78, 5) is 12.7. The van der Waals surface area contributed by atoms with Crippen LogP contribution in [0.5, 0.6) is 5.75 Å². The van der Waals surface area contributed by atoms with Crippen molar-refractivity contribution in [2.24, 2.45) is 7.05 Å². The molecule has 0 saturated carbocycles. The number of aryl methyl sites for hydroxylation is 2. The fourth-order valence-corrected chi connectivity index (χ4v) is 3.14. The first-order chi connectivity index (χ1) is 12.8. The Morgan fingerprint density at radius 2 is 1.81 bits per heavy atom. The summed E-state index contributed by atoms with van der Waals surface area (Å²) < 4.78 is 8.36. The van der Waals surface area contributed by atoms with Gasteiger partial charge in [-0.3, -0.25) is 9.48 Å². The standard InChI is InChI=1S/C20H19BrClN3O2/c1-12-18(14-4-6-15(21)7-5-14)19(25(3)24-12)23-20(26)13(2)27-17-10-8-16(22)9-11-17/h4-11,13H,1-3H3,(H,23,26).